The summed E-state index contributed by atoms with van der Waals surface area (Å²) in [6.07, 6.45) is 1.62. The molecule has 0 unspecified atom stereocenters. The lowest BCUT2D eigenvalue weighted by molar-refractivity contribution is -0.125. The van der Waals surface area contributed by atoms with Gasteiger partial charge in [0.25, 0.3) is 11.8 Å². The van der Waals surface area contributed by atoms with E-state index in [4.69, 9.17) is 23.2 Å². The topological polar surface area (TPSA) is 132 Å². The Morgan fingerprint density at radius 2 is 1.51 bits per heavy atom. The van der Waals surface area contributed by atoms with Crippen LogP contribution < -0.4 is 9.80 Å². The number of amides is 4. The van der Waals surface area contributed by atoms with Crippen LogP contribution in [0, 0.1) is 23.6 Å². The number of carboxylic acids is 1. The standard InChI is InChI=1S/C37H25Cl2FN2O7/c38-36-17-27-25(12-13-26-29(27)32(45)41(31(26)44)21-5-3-4-18(16-21)33(46)47)30(24-14-15-28(43)23-7-2-1-6-22(23)24)37(36,39)35(49)42(34(36)48)20-10-8-19(40)9-11-20/h1-12,14-16,26-27,29-30,43H,13,17H2,(H,46,47)/t26-,27+,29-,30-,36+,37-/m0/s1. The third-order valence-electron chi connectivity index (χ3n) is 10.5. The first kappa shape index (κ1) is 31.2. The largest absolute Gasteiger partial charge is 0.507 e. The van der Waals surface area contributed by atoms with Gasteiger partial charge in [-0.15, -0.1) is 23.2 Å². The molecule has 9 nitrogen and oxygen atoms in total. The number of halogens is 3. The summed E-state index contributed by atoms with van der Waals surface area (Å²) in [6.45, 7) is 0. The molecular weight excluding hydrogens is 674 g/mol. The van der Waals surface area contributed by atoms with Crippen molar-refractivity contribution in [1.82, 2.24) is 0 Å². The van der Waals surface area contributed by atoms with Crippen molar-refractivity contribution in [3.63, 3.8) is 0 Å². The number of hydrogen-bond acceptors (Lipinski definition) is 6. The normalized spacial score (nSPS) is 29.2. The number of phenolic OH excluding ortho intramolecular Hbond substituents is 1. The van der Waals surface area contributed by atoms with Gasteiger partial charge in [0, 0.05) is 11.3 Å². The molecule has 2 heterocycles. The van der Waals surface area contributed by atoms with Gasteiger partial charge in [-0.2, -0.15) is 0 Å². The summed E-state index contributed by atoms with van der Waals surface area (Å²) >= 11 is 14.9. The molecule has 6 atom stereocenters. The highest BCUT2D eigenvalue weighted by Crippen LogP contribution is 2.66. The van der Waals surface area contributed by atoms with Gasteiger partial charge in [0.1, 0.15) is 11.6 Å². The number of aromatic carboxylic acids is 1. The van der Waals surface area contributed by atoms with Crippen molar-refractivity contribution in [2.45, 2.75) is 28.5 Å². The van der Waals surface area contributed by atoms with Crippen molar-refractivity contribution < 1.29 is 38.6 Å². The zero-order valence-electron chi connectivity index (χ0n) is 25.3. The van der Waals surface area contributed by atoms with E-state index in [1.54, 1.807) is 36.4 Å². The lowest BCUT2D eigenvalue weighted by Crippen LogP contribution is -2.60. The second kappa shape index (κ2) is 10.7. The second-order valence-corrected chi connectivity index (χ2v) is 14.1. The summed E-state index contributed by atoms with van der Waals surface area (Å²) in [7, 11) is 0. The van der Waals surface area contributed by atoms with E-state index < -0.39 is 68.8 Å². The Hall–Kier alpha value is -5.06. The molecule has 0 spiro atoms. The number of carbonyl (C=O) groups excluding carboxylic acids is 4. The SMILES string of the molecule is O=C(O)c1cccc(N2C(=O)[C@H]3[C@H](CC=C4[C@H]3C[C@@]3(Cl)C(=O)N(c5ccc(F)cc5)C(=O)[C@@]3(Cl)[C@H]4c3ccc(O)c4ccccc34)C2=O)c1. The number of imide groups is 2. The highest BCUT2D eigenvalue weighted by Gasteiger charge is 2.76. The third-order valence-corrected chi connectivity index (χ3v) is 11.9. The molecule has 2 aliphatic carbocycles. The van der Waals surface area contributed by atoms with Crippen LogP contribution in [0.4, 0.5) is 15.8 Å². The van der Waals surface area contributed by atoms with E-state index in [1.807, 2.05) is 0 Å². The van der Waals surface area contributed by atoms with E-state index in [2.05, 4.69) is 0 Å². The fourth-order valence-corrected chi connectivity index (χ4v) is 9.26. The predicted octanol–water partition coefficient (Wildman–Crippen LogP) is 6.15. The first-order valence-corrected chi connectivity index (χ1v) is 16.3. The van der Waals surface area contributed by atoms with Crippen LogP contribution in [0.3, 0.4) is 0 Å². The number of carbonyl (C=O) groups is 5. The van der Waals surface area contributed by atoms with Crippen molar-refractivity contribution in [1.29, 1.82) is 0 Å². The maximum Gasteiger partial charge on any atom is 0.335 e. The van der Waals surface area contributed by atoms with Crippen molar-refractivity contribution >= 4 is 74.9 Å². The Kier molecular flexibility index (Phi) is 6.83. The molecule has 49 heavy (non-hydrogen) atoms. The number of alkyl halides is 2. The smallest absolute Gasteiger partial charge is 0.335 e. The molecule has 0 bridgehead atoms. The maximum atomic E-state index is 14.6. The molecule has 4 amide bonds. The molecule has 0 radical (unpaired) electrons. The van der Waals surface area contributed by atoms with E-state index >= 15 is 0 Å². The minimum atomic E-state index is -2.14. The van der Waals surface area contributed by atoms with Gasteiger partial charge in [0.05, 0.1) is 28.8 Å². The first-order chi connectivity index (χ1) is 23.4. The Morgan fingerprint density at radius 1 is 0.796 bits per heavy atom. The molecular formula is C37H25Cl2FN2O7. The van der Waals surface area contributed by atoms with Crippen LogP contribution in [-0.4, -0.2) is 49.6 Å². The molecule has 4 aromatic rings. The van der Waals surface area contributed by atoms with Crippen LogP contribution in [0.1, 0.15) is 34.7 Å². The lowest BCUT2D eigenvalue weighted by Gasteiger charge is -2.51. The summed E-state index contributed by atoms with van der Waals surface area (Å²) in [5.41, 5.74) is 1.09. The molecule has 3 fully saturated rings. The van der Waals surface area contributed by atoms with Gasteiger partial charge >= 0.3 is 5.97 Å². The Labute approximate surface area is 288 Å². The molecule has 8 rings (SSSR count). The fourth-order valence-electron chi connectivity index (χ4n) is 8.33. The van der Waals surface area contributed by atoms with Crippen molar-refractivity contribution in [2.75, 3.05) is 9.80 Å². The van der Waals surface area contributed by atoms with Crippen LogP contribution in [0.15, 0.2) is 96.6 Å². The Balaban J connectivity index is 1.33. The number of nitrogens with zero attached hydrogens (tertiary/aromatic N) is 2. The fraction of sp³-hybridized carbons (Fsp3) is 0.216. The highest BCUT2D eigenvalue weighted by atomic mass is 35.5. The van der Waals surface area contributed by atoms with Crippen molar-refractivity contribution in [3.8, 4) is 5.75 Å². The molecule has 0 aromatic heterocycles. The zero-order valence-corrected chi connectivity index (χ0v) is 26.9. The third kappa shape index (κ3) is 4.13. The van der Waals surface area contributed by atoms with E-state index in [-0.39, 0.29) is 35.5 Å². The van der Waals surface area contributed by atoms with E-state index in [0.717, 1.165) is 21.9 Å². The van der Waals surface area contributed by atoms with E-state index in [9.17, 15) is 38.6 Å². The van der Waals surface area contributed by atoms with Crippen LogP contribution in [0.5, 0.6) is 5.75 Å². The number of hydrogen-bond donors (Lipinski definition) is 2. The molecule has 1 saturated carbocycles. The lowest BCUT2D eigenvalue weighted by atomic mass is 9.56. The first-order valence-electron chi connectivity index (χ1n) is 15.5. The number of aromatic hydroxyl groups is 1. The molecule has 246 valence electrons. The van der Waals surface area contributed by atoms with E-state index in [1.165, 1.54) is 42.5 Å². The van der Waals surface area contributed by atoms with Gasteiger partial charge in [-0.05, 0) is 78.2 Å². The van der Waals surface area contributed by atoms with Crippen LogP contribution >= 0.6 is 23.2 Å². The average Bonchev–Trinajstić information content (AvgIpc) is 3.43. The highest BCUT2D eigenvalue weighted by molar-refractivity contribution is 6.58. The molecule has 2 aliphatic heterocycles. The molecule has 12 heteroatoms. The molecule has 2 saturated heterocycles. The van der Waals surface area contributed by atoms with Gasteiger partial charge in [-0.25, -0.2) is 14.1 Å². The minimum absolute atomic E-state index is 0.0253. The summed E-state index contributed by atoms with van der Waals surface area (Å²) in [4.78, 5) is 66.6. The summed E-state index contributed by atoms with van der Waals surface area (Å²) in [5, 5.41) is 21.3. The van der Waals surface area contributed by atoms with Gasteiger partial charge in [0.15, 0.2) is 9.75 Å². The van der Waals surface area contributed by atoms with Crippen LogP contribution in [-0.2, 0) is 19.2 Å². The number of rotatable bonds is 4. The van der Waals surface area contributed by atoms with Crippen molar-refractivity contribution in [2.24, 2.45) is 17.8 Å². The van der Waals surface area contributed by atoms with Crippen LogP contribution in [0.25, 0.3) is 10.8 Å². The number of fused-ring (bicyclic) bond motifs is 5. The Bertz CT molecular complexity index is 2210. The average molecular weight is 700 g/mol. The zero-order chi connectivity index (χ0) is 34.6. The van der Waals surface area contributed by atoms with Gasteiger partial charge < -0.3 is 10.2 Å². The maximum absolute atomic E-state index is 14.6. The number of allylic oxidation sites excluding steroid dienone is 2. The van der Waals surface area contributed by atoms with E-state index in [0.29, 0.717) is 21.9 Å². The summed E-state index contributed by atoms with van der Waals surface area (Å²) in [6, 6.07) is 20.3. The summed E-state index contributed by atoms with van der Waals surface area (Å²) in [5.74, 6) is -8.42. The molecule has 2 N–H and O–H groups in total. The number of anilines is 2. The molecule has 4 aliphatic rings. The summed E-state index contributed by atoms with van der Waals surface area (Å²) < 4.78 is 13.9. The number of phenols is 1. The second-order valence-electron chi connectivity index (χ2n) is 12.8. The predicted molar refractivity (Wildman–Crippen MR) is 178 cm³/mol. The van der Waals surface area contributed by atoms with Gasteiger partial charge in [0.2, 0.25) is 11.8 Å². The quantitative estimate of drug-likeness (QED) is 0.148. The van der Waals surface area contributed by atoms with Crippen LogP contribution in [0.2, 0.25) is 0 Å². The number of benzene rings is 4. The van der Waals surface area contributed by atoms with Gasteiger partial charge in [-0.1, -0.05) is 48.0 Å². The number of carboxylic acid groups (broad SMARTS) is 1. The minimum Gasteiger partial charge on any atom is -0.507 e. The molecule has 4 aromatic carbocycles. The Morgan fingerprint density at radius 3 is 2.22 bits per heavy atom. The monoisotopic (exact) mass is 698 g/mol. The van der Waals surface area contributed by atoms with Gasteiger partial charge in [-0.3, -0.25) is 24.1 Å². The van der Waals surface area contributed by atoms with Crippen molar-refractivity contribution in [3.05, 3.63) is 114 Å².